The van der Waals surface area contributed by atoms with E-state index in [2.05, 4.69) is 5.32 Å². The molecule has 0 fully saturated rings. The third-order valence-corrected chi connectivity index (χ3v) is 2.90. The molecule has 104 valence electrons. The smallest absolute Gasteiger partial charge is 0.335 e. The monoisotopic (exact) mass is 275 g/mol. The number of H-pyrrole nitrogens is 1. The van der Waals surface area contributed by atoms with E-state index in [1.807, 2.05) is 4.98 Å². The SMILES string of the molecule is CNC(=O)c1c(O)n(-c2ccccc2C)c(=O)[nH]c1=O. The van der Waals surface area contributed by atoms with Gasteiger partial charge in [-0.25, -0.2) is 9.36 Å². The van der Waals surface area contributed by atoms with Crippen molar-refractivity contribution in [3.05, 3.63) is 56.2 Å². The molecule has 1 heterocycles. The van der Waals surface area contributed by atoms with Crippen LogP contribution in [0.15, 0.2) is 33.9 Å². The summed E-state index contributed by atoms with van der Waals surface area (Å²) in [6.07, 6.45) is 0. The van der Waals surface area contributed by atoms with Gasteiger partial charge in [0.2, 0.25) is 5.88 Å². The van der Waals surface area contributed by atoms with Gasteiger partial charge in [-0.3, -0.25) is 14.6 Å². The molecule has 0 aliphatic heterocycles. The fourth-order valence-electron chi connectivity index (χ4n) is 1.89. The maximum Gasteiger partial charge on any atom is 0.335 e. The van der Waals surface area contributed by atoms with Crippen LogP contribution in [0, 0.1) is 6.92 Å². The van der Waals surface area contributed by atoms with Gasteiger partial charge < -0.3 is 10.4 Å². The van der Waals surface area contributed by atoms with Crippen LogP contribution in [-0.2, 0) is 0 Å². The maximum absolute atomic E-state index is 11.9. The van der Waals surface area contributed by atoms with E-state index < -0.39 is 28.6 Å². The average molecular weight is 275 g/mol. The number of amides is 1. The van der Waals surface area contributed by atoms with Gasteiger partial charge >= 0.3 is 5.69 Å². The van der Waals surface area contributed by atoms with Gasteiger partial charge in [0, 0.05) is 7.05 Å². The van der Waals surface area contributed by atoms with Crippen LogP contribution < -0.4 is 16.6 Å². The molecule has 0 saturated carbocycles. The average Bonchev–Trinajstić information content (AvgIpc) is 2.40. The predicted octanol–water partition coefficient (Wildman–Crippen LogP) is -0.101. The number of carbonyl (C=O) groups is 1. The lowest BCUT2D eigenvalue weighted by Gasteiger charge is -2.12. The van der Waals surface area contributed by atoms with Crippen LogP contribution in [0.1, 0.15) is 15.9 Å². The Morgan fingerprint density at radius 3 is 2.55 bits per heavy atom. The minimum Gasteiger partial charge on any atom is -0.493 e. The molecule has 1 aromatic heterocycles. The first-order valence-electron chi connectivity index (χ1n) is 5.83. The van der Waals surface area contributed by atoms with Gasteiger partial charge in [0.15, 0.2) is 5.56 Å². The molecule has 20 heavy (non-hydrogen) atoms. The normalized spacial score (nSPS) is 10.3. The molecule has 2 aromatic rings. The molecule has 7 nitrogen and oxygen atoms in total. The van der Waals surface area contributed by atoms with E-state index in [0.29, 0.717) is 11.3 Å². The molecule has 0 bridgehead atoms. The Morgan fingerprint density at radius 1 is 1.30 bits per heavy atom. The van der Waals surface area contributed by atoms with Crippen LogP contribution in [0.4, 0.5) is 0 Å². The van der Waals surface area contributed by atoms with Crippen molar-refractivity contribution < 1.29 is 9.90 Å². The second-order valence-corrected chi connectivity index (χ2v) is 4.16. The number of aromatic amines is 1. The Labute approximate surface area is 113 Å². The van der Waals surface area contributed by atoms with E-state index in [1.54, 1.807) is 31.2 Å². The Morgan fingerprint density at radius 2 is 1.95 bits per heavy atom. The van der Waals surface area contributed by atoms with Crippen LogP contribution in [-0.4, -0.2) is 27.6 Å². The molecular weight excluding hydrogens is 262 g/mol. The Kier molecular flexibility index (Phi) is 3.43. The van der Waals surface area contributed by atoms with E-state index in [4.69, 9.17) is 0 Å². The number of benzene rings is 1. The van der Waals surface area contributed by atoms with Gasteiger partial charge in [-0.15, -0.1) is 0 Å². The number of aryl methyl sites for hydroxylation is 1. The number of rotatable bonds is 2. The number of nitrogens with zero attached hydrogens (tertiary/aromatic N) is 1. The molecule has 0 aliphatic rings. The van der Waals surface area contributed by atoms with Crippen molar-refractivity contribution in [2.45, 2.75) is 6.92 Å². The lowest BCUT2D eigenvalue weighted by Crippen LogP contribution is -2.36. The fourth-order valence-corrected chi connectivity index (χ4v) is 1.89. The van der Waals surface area contributed by atoms with Gasteiger partial charge in [0.05, 0.1) is 5.69 Å². The molecular formula is C13H13N3O4. The quantitative estimate of drug-likeness (QED) is 0.711. The van der Waals surface area contributed by atoms with Crippen molar-refractivity contribution in [1.82, 2.24) is 14.9 Å². The first-order chi connectivity index (χ1) is 9.47. The molecule has 0 aliphatic carbocycles. The van der Waals surface area contributed by atoms with Crippen molar-refractivity contribution in [1.29, 1.82) is 0 Å². The zero-order chi connectivity index (χ0) is 14.9. The zero-order valence-electron chi connectivity index (χ0n) is 10.9. The van der Waals surface area contributed by atoms with Crippen molar-refractivity contribution >= 4 is 5.91 Å². The second-order valence-electron chi connectivity index (χ2n) is 4.16. The van der Waals surface area contributed by atoms with Gasteiger partial charge in [-0.05, 0) is 18.6 Å². The minimum atomic E-state index is -0.934. The number of hydrogen-bond donors (Lipinski definition) is 3. The lowest BCUT2D eigenvalue weighted by molar-refractivity contribution is 0.0957. The topological polar surface area (TPSA) is 104 Å². The van der Waals surface area contributed by atoms with E-state index in [9.17, 15) is 19.5 Å². The van der Waals surface area contributed by atoms with Crippen LogP contribution in [0.25, 0.3) is 5.69 Å². The number of nitrogens with one attached hydrogen (secondary N) is 2. The molecule has 1 amide bonds. The van der Waals surface area contributed by atoms with E-state index in [0.717, 1.165) is 4.57 Å². The number of hydrogen-bond acceptors (Lipinski definition) is 4. The standard InChI is InChI=1S/C13H13N3O4/c1-7-5-3-4-6-8(7)16-12(19)9(10(17)14-2)11(18)15-13(16)20/h3-6,19H,1-2H3,(H,14,17)(H,15,18,20). The van der Waals surface area contributed by atoms with Crippen LogP contribution in [0.2, 0.25) is 0 Å². The molecule has 0 atom stereocenters. The Hall–Kier alpha value is -2.83. The molecule has 3 N–H and O–H groups in total. The number of aromatic hydroxyl groups is 1. The molecule has 2 rings (SSSR count). The summed E-state index contributed by atoms with van der Waals surface area (Å²) in [5.41, 5.74) is -1.15. The summed E-state index contributed by atoms with van der Waals surface area (Å²) in [4.78, 5) is 37.2. The Balaban J connectivity index is 2.85. The highest BCUT2D eigenvalue weighted by molar-refractivity contribution is 5.95. The first-order valence-corrected chi connectivity index (χ1v) is 5.83. The largest absolute Gasteiger partial charge is 0.493 e. The van der Waals surface area contributed by atoms with Crippen LogP contribution in [0.5, 0.6) is 5.88 Å². The van der Waals surface area contributed by atoms with Crippen LogP contribution in [0.3, 0.4) is 0 Å². The number of aromatic nitrogens is 2. The van der Waals surface area contributed by atoms with Crippen LogP contribution >= 0.6 is 0 Å². The lowest BCUT2D eigenvalue weighted by atomic mass is 10.2. The first kappa shape index (κ1) is 13.6. The van der Waals surface area contributed by atoms with Crippen molar-refractivity contribution in [2.24, 2.45) is 0 Å². The van der Waals surface area contributed by atoms with E-state index in [-0.39, 0.29) is 0 Å². The molecule has 1 aromatic carbocycles. The summed E-state index contributed by atoms with van der Waals surface area (Å²) < 4.78 is 0.890. The second kappa shape index (κ2) is 5.04. The van der Waals surface area contributed by atoms with Gasteiger partial charge in [0.1, 0.15) is 0 Å². The summed E-state index contributed by atoms with van der Waals surface area (Å²) >= 11 is 0. The highest BCUT2D eigenvalue weighted by Gasteiger charge is 2.21. The molecule has 0 unspecified atom stereocenters. The number of carbonyl (C=O) groups excluding carboxylic acids is 1. The molecule has 0 saturated heterocycles. The van der Waals surface area contributed by atoms with Crippen molar-refractivity contribution in [3.8, 4) is 11.6 Å². The highest BCUT2D eigenvalue weighted by atomic mass is 16.3. The Bertz CT molecular complexity index is 789. The maximum atomic E-state index is 11.9. The van der Waals surface area contributed by atoms with Crippen molar-refractivity contribution in [3.63, 3.8) is 0 Å². The molecule has 7 heteroatoms. The van der Waals surface area contributed by atoms with Gasteiger partial charge in [-0.1, -0.05) is 18.2 Å². The number of para-hydroxylation sites is 1. The fraction of sp³-hybridized carbons (Fsp3) is 0.154. The van der Waals surface area contributed by atoms with Gasteiger partial charge in [0.25, 0.3) is 11.5 Å². The summed E-state index contributed by atoms with van der Waals surface area (Å²) in [5.74, 6) is -1.46. The summed E-state index contributed by atoms with van der Waals surface area (Å²) in [5, 5.41) is 12.4. The molecule has 0 spiro atoms. The summed E-state index contributed by atoms with van der Waals surface area (Å²) in [6.45, 7) is 1.74. The van der Waals surface area contributed by atoms with Crippen molar-refractivity contribution in [2.75, 3.05) is 7.05 Å². The third-order valence-electron chi connectivity index (χ3n) is 2.90. The molecule has 0 radical (unpaired) electrons. The van der Waals surface area contributed by atoms with Gasteiger partial charge in [-0.2, -0.15) is 0 Å². The summed E-state index contributed by atoms with van der Waals surface area (Å²) in [6, 6.07) is 6.79. The van der Waals surface area contributed by atoms with E-state index in [1.165, 1.54) is 7.05 Å². The van der Waals surface area contributed by atoms with E-state index >= 15 is 0 Å². The highest BCUT2D eigenvalue weighted by Crippen LogP contribution is 2.18. The predicted molar refractivity (Wildman–Crippen MR) is 72.5 cm³/mol. The zero-order valence-corrected chi connectivity index (χ0v) is 10.9. The summed E-state index contributed by atoms with van der Waals surface area (Å²) in [7, 11) is 1.32. The third kappa shape index (κ3) is 2.09. The minimum absolute atomic E-state index is 0.386.